The van der Waals surface area contributed by atoms with E-state index in [0.29, 0.717) is 5.56 Å². The average Bonchev–Trinajstić information content (AvgIpc) is 2.78. The molecule has 2 rings (SSSR count). The van der Waals surface area contributed by atoms with Crippen LogP contribution in [-0.4, -0.2) is 11.2 Å². The SMILES string of the molecule is O=CC1(c2ccccc2[N+](=O)[O-])CCCC1. The first-order valence-corrected chi connectivity index (χ1v) is 5.40. The highest BCUT2D eigenvalue weighted by molar-refractivity contribution is 5.72. The summed E-state index contributed by atoms with van der Waals surface area (Å²) in [5.74, 6) is 0. The van der Waals surface area contributed by atoms with Gasteiger partial charge in [-0.15, -0.1) is 0 Å². The van der Waals surface area contributed by atoms with Crippen LogP contribution in [-0.2, 0) is 10.2 Å². The predicted octanol–water partition coefficient (Wildman–Crippen LogP) is 2.61. The highest BCUT2D eigenvalue weighted by Gasteiger charge is 2.39. The number of nitro benzene ring substituents is 1. The van der Waals surface area contributed by atoms with Crippen molar-refractivity contribution in [1.82, 2.24) is 0 Å². The summed E-state index contributed by atoms with van der Waals surface area (Å²) in [4.78, 5) is 21.8. The van der Waals surface area contributed by atoms with Crippen molar-refractivity contribution < 1.29 is 9.72 Å². The zero-order chi connectivity index (χ0) is 11.6. The minimum atomic E-state index is -0.621. The zero-order valence-electron chi connectivity index (χ0n) is 8.89. The molecule has 16 heavy (non-hydrogen) atoms. The van der Waals surface area contributed by atoms with Crippen LogP contribution < -0.4 is 0 Å². The molecule has 0 bridgehead atoms. The fourth-order valence-electron chi connectivity index (χ4n) is 2.51. The van der Waals surface area contributed by atoms with E-state index in [2.05, 4.69) is 0 Å². The van der Waals surface area contributed by atoms with Gasteiger partial charge in [-0.1, -0.05) is 31.0 Å². The molecule has 0 aliphatic heterocycles. The maximum atomic E-state index is 11.3. The van der Waals surface area contributed by atoms with Gasteiger partial charge in [0.25, 0.3) is 5.69 Å². The van der Waals surface area contributed by atoms with Crippen LogP contribution in [0.3, 0.4) is 0 Å². The summed E-state index contributed by atoms with van der Waals surface area (Å²) in [6, 6.07) is 6.57. The van der Waals surface area contributed by atoms with Crippen LogP contribution in [0.2, 0.25) is 0 Å². The Kier molecular flexibility index (Phi) is 2.73. The molecule has 84 valence electrons. The quantitative estimate of drug-likeness (QED) is 0.446. The van der Waals surface area contributed by atoms with Gasteiger partial charge in [-0.05, 0) is 12.8 Å². The number of nitrogens with zero attached hydrogens (tertiary/aromatic N) is 1. The monoisotopic (exact) mass is 219 g/mol. The second-order valence-corrected chi connectivity index (χ2v) is 4.26. The second-order valence-electron chi connectivity index (χ2n) is 4.26. The van der Waals surface area contributed by atoms with Crippen molar-refractivity contribution in [3.63, 3.8) is 0 Å². The molecule has 0 spiro atoms. The first-order valence-electron chi connectivity index (χ1n) is 5.40. The van der Waals surface area contributed by atoms with Gasteiger partial charge in [0.05, 0.1) is 10.3 Å². The summed E-state index contributed by atoms with van der Waals surface area (Å²) >= 11 is 0. The van der Waals surface area contributed by atoms with Crippen LogP contribution in [0.1, 0.15) is 31.2 Å². The first kappa shape index (κ1) is 10.8. The second kappa shape index (κ2) is 4.04. The molecule has 1 aromatic rings. The number of hydrogen-bond donors (Lipinski definition) is 0. The lowest BCUT2D eigenvalue weighted by molar-refractivity contribution is -0.386. The van der Waals surface area contributed by atoms with E-state index < -0.39 is 10.3 Å². The lowest BCUT2D eigenvalue weighted by Crippen LogP contribution is -2.24. The van der Waals surface area contributed by atoms with Gasteiger partial charge >= 0.3 is 0 Å². The minimum absolute atomic E-state index is 0.0662. The molecule has 0 radical (unpaired) electrons. The smallest absolute Gasteiger partial charge is 0.273 e. The molecule has 1 fully saturated rings. The Bertz CT molecular complexity index is 422. The third-order valence-corrected chi connectivity index (χ3v) is 3.36. The van der Waals surface area contributed by atoms with E-state index >= 15 is 0 Å². The molecule has 4 nitrogen and oxygen atoms in total. The summed E-state index contributed by atoms with van der Waals surface area (Å²) in [6.07, 6.45) is 4.26. The number of para-hydroxylation sites is 1. The van der Waals surface area contributed by atoms with Crippen molar-refractivity contribution in [2.24, 2.45) is 0 Å². The summed E-state index contributed by atoms with van der Waals surface area (Å²) in [7, 11) is 0. The van der Waals surface area contributed by atoms with E-state index in [1.54, 1.807) is 18.2 Å². The van der Waals surface area contributed by atoms with Gasteiger partial charge < -0.3 is 4.79 Å². The van der Waals surface area contributed by atoms with Gasteiger partial charge in [-0.2, -0.15) is 0 Å². The van der Waals surface area contributed by atoms with Gasteiger partial charge in [0.1, 0.15) is 6.29 Å². The summed E-state index contributed by atoms with van der Waals surface area (Å²) < 4.78 is 0. The minimum Gasteiger partial charge on any atom is -0.302 e. The Morgan fingerprint density at radius 3 is 2.44 bits per heavy atom. The van der Waals surface area contributed by atoms with Crippen LogP contribution in [0, 0.1) is 10.1 Å². The summed E-state index contributed by atoms with van der Waals surface area (Å²) in [5, 5.41) is 10.9. The Balaban J connectivity index is 2.53. The number of rotatable bonds is 3. The Morgan fingerprint density at radius 2 is 1.88 bits per heavy atom. The molecular weight excluding hydrogens is 206 g/mol. The van der Waals surface area contributed by atoms with Crippen LogP contribution in [0.4, 0.5) is 5.69 Å². The molecule has 0 unspecified atom stereocenters. The van der Waals surface area contributed by atoms with E-state index in [4.69, 9.17) is 0 Å². The third-order valence-electron chi connectivity index (χ3n) is 3.36. The Labute approximate surface area is 93.4 Å². The summed E-state index contributed by atoms with van der Waals surface area (Å²) in [5.41, 5.74) is 0.0212. The number of benzene rings is 1. The topological polar surface area (TPSA) is 60.2 Å². The number of carbonyl (C=O) groups excluding carboxylic acids is 1. The average molecular weight is 219 g/mol. The van der Waals surface area contributed by atoms with Crippen molar-refractivity contribution in [2.45, 2.75) is 31.1 Å². The zero-order valence-corrected chi connectivity index (χ0v) is 8.89. The van der Waals surface area contributed by atoms with Gasteiger partial charge in [-0.25, -0.2) is 0 Å². The van der Waals surface area contributed by atoms with Gasteiger partial charge in [0, 0.05) is 11.6 Å². The molecule has 1 aliphatic rings. The van der Waals surface area contributed by atoms with Gasteiger partial charge in [-0.3, -0.25) is 10.1 Å². The number of carbonyl (C=O) groups is 1. The normalized spacial score (nSPS) is 18.2. The van der Waals surface area contributed by atoms with E-state index in [1.807, 2.05) is 0 Å². The molecule has 0 aromatic heterocycles. The molecule has 0 atom stereocenters. The van der Waals surface area contributed by atoms with Gasteiger partial charge in [0.15, 0.2) is 0 Å². The largest absolute Gasteiger partial charge is 0.302 e. The molecule has 1 saturated carbocycles. The van der Waals surface area contributed by atoms with E-state index in [1.165, 1.54) is 6.07 Å². The molecule has 0 amide bonds. The fraction of sp³-hybridized carbons (Fsp3) is 0.417. The number of aldehydes is 1. The van der Waals surface area contributed by atoms with Crippen molar-refractivity contribution in [3.8, 4) is 0 Å². The standard InChI is InChI=1S/C12H13NO3/c14-9-12(7-3-4-8-12)10-5-1-2-6-11(10)13(15)16/h1-2,5-6,9H,3-4,7-8H2. The molecule has 1 aliphatic carbocycles. The van der Waals surface area contributed by atoms with E-state index in [-0.39, 0.29) is 5.69 Å². The van der Waals surface area contributed by atoms with Crippen molar-refractivity contribution in [2.75, 3.05) is 0 Å². The lowest BCUT2D eigenvalue weighted by Gasteiger charge is -2.21. The maximum Gasteiger partial charge on any atom is 0.273 e. The number of nitro groups is 1. The van der Waals surface area contributed by atoms with Gasteiger partial charge in [0.2, 0.25) is 0 Å². The molecule has 0 N–H and O–H groups in total. The number of hydrogen-bond acceptors (Lipinski definition) is 3. The molecule has 0 heterocycles. The highest BCUT2D eigenvalue weighted by Crippen LogP contribution is 2.42. The Hall–Kier alpha value is -1.71. The van der Waals surface area contributed by atoms with Crippen molar-refractivity contribution in [1.29, 1.82) is 0 Å². The molecule has 4 heteroatoms. The molecular formula is C12H13NO3. The van der Waals surface area contributed by atoms with Crippen molar-refractivity contribution >= 4 is 12.0 Å². The van der Waals surface area contributed by atoms with Crippen LogP contribution in [0.15, 0.2) is 24.3 Å². The Morgan fingerprint density at radius 1 is 1.25 bits per heavy atom. The summed E-state index contributed by atoms with van der Waals surface area (Å²) in [6.45, 7) is 0. The lowest BCUT2D eigenvalue weighted by atomic mass is 9.79. The highest BCUT2D eigenvalue weighted by atomic mass is 16.6. The molecule has 0 saturated heterocycles. The van der Waals surface area contributed by atoms with Crippen LogP contribution in [0.5, 0.6) is 0 Å². The van der Waals surface area contributed by atoms with Crippen molar-refractivity contribution in [3.05, 3.63) is 39.9 Å². The fourth-order valence-corrected chi connectivity index (χ4v) is 2.51. The maximum absolute atomic E-state index is 11.3. The van der Waals surface area contributed by atoms with E-state index in [9.17, 15) is 14.9 Å². The van der Waals surface area contributed by atoms with Crippen LogP contribution >= 0.6 is 0 Å². The van der Waals surface area contributed by atoms with E-state index in [0.717, 1.165) is 32.0 Å². The predicted molar refractivity (Wildman–Crippen MR) is 59.3 cm³/mol. The van der Waals surface area contributed by atoms with Crippen LogP contribution in [0.25, 0.3) is 0 Å². The molecule has 1 aromatic carbocycles. The third kappa shape index (κ3) is 1.60. The first-order chi connectivity index (χ1) is 7.69.